The van der Waals surface area contributed by atoms with E-state index >= 15 is 0 Å². The van der Waals surface area contributed by atoms with Gasteiger partial charge in [0.2, 0.25) is 0 Å². The normalized spacial score (nSPS) is 18.9. The van der Waals surface area contributed by atoms with Crippen molar-refractivity contribution in [2.75, 3.05) is 31.1 Å². The molecule has 0 amide bonds. The molecule has 27 heavy (non-hydrogen) atoms. The second kappa shape index (κ2) is 8.48. The smallest absolute Gasteiger partial charge is 0.191 e. The summed E-state index contributed by atoms with van der Waals surface area (Å²) >= 11 is 0. The van der Waals surface area contributed by atoms with Crippen molar-refractivity contribution in [1.29, 1.82) is 0 Å². The molecule has 1 aromatic carbocycles. The molecule has 0 saturated heterocycles. The molecule has 0 saturated carbocycles. The van der Waals surface area contributed by atoms with Gasteiger partial charge in [-0.2, -0.15) is 0 Å². The number of guanidine groups is 1. The fraction of sp³-hybridized carbons (Fsp3) is 0.476. The molecule has 1 aliphatic rings. The van der Waals surface area contributed by atoms with Crippen LogP contribution in [0.3, 0.4) is 0 Å². The lowest BCUT2D eigenvalue weighted by Gasteiger charge is -2.25. The maximum Gasteiger partial charge on any atom is 0.191 e. The number of hydrogen-bond acceptors (Lipinski definition) is 4. The Kier molecular flexibility index (Phi) is 6.06. The van der Waals surface area contributed by atoms with Gasteiger partial charge in [-0.05, 0) is 51.0 Å². The lowest BCUT2D eigenvalue weighted by Crippen LogP contribution is -2.43. The van der Waals surface area contributed by atoms with Crippen molar-refractivity contribution in [1.82, 2.24) is 10.6 Å². The monoisotopic (exact) mass is 370 g/mol. The Morgan fingerprint density at radius 3 is 2.85 bits per heavy atom. The summed E-state index contributed by atoms with van der Waals surface area (Å²) in [5.74, 6) is 1.22. The van der Waals surface area contributed by atoms with Crippen LogP contribution in [0.4, 0.5) is 5.69 Å². The Morgan fingerprint density at radius 2 is 2.11 bits per heavy atom. The largest absolute Gasteiger partial charge is 0.466 e. The van der Waals surface area contributed by atoms with Crippen molar-refractivity contribution in [3.05, 3.63) is 54.0 Å². The highest BCUT2D eigenvalue weighted by Crippen LogP contribution is 2.31. The summed E-state index contributed by atoms with van der Waals surface area (Å²) in [7, 11) is 0. The summed E-state index contributed by atoms with van der Waals surface area (Å²) in [4.78, 5) is 6.97. The first-order valence-corrected chi connectivity index (χ1v) is 9.64. The first-order valence-electron chi connectivity index (χ1n) is 9.64. The molecule has 0 fully saturated rings. The highest BCUT2D eigenvalue weighted by Gasteiger charge is 2.26. The Hall–Kier alpha value is -2.47. The minimum absolute atomic E-state index is 0.221. The fourth-order valence-corrected chi connectivity index (χ4v) is 3.50. The Bertz CT molecular complexity index is 755. The molecule has 1 aromatic heterocycles. The van der Waals surface area contributed by atoms with Crippen molar-refractivity contribution in [3.8, 4) is 0 Å². The molecule has 3 N–H and O–H groups in total. The number of hydrogen-bond donors (Lipinski definition) is 3. The van der Waals surface area contributed by atoms with Crippen molar-refractivity contribution in [2.24, 2.45) is 4.99 Å². The predicted octanol–water partition coefficient (Wildman–Crippen LogP) is 2.49. The minimum atomic E-state index is -1.13. The van der Waals surface area contributed by atoms with Crippen LogP contribution in [0.15, 0.2) is 52.1 Å². The number of nitrogens with zero attached hydrogens (tertiary/aromatic N) is 2. The van der Waals surface area contributed by atoms with Crippen LogP contribution in [-0.2, 0) is 12.0 Å². The summed E-state index contributed by atoms with van der Waals surface area (Å²) < 4.78 is 5.32. The maximum atomic E-state index is 10.6. The Labute approximate surface area is 161 Å². The highest BCUT2D eigenvalue weighted by atomic mass is 16.4. The third-order valence-electron chi connectivity index (χ3n) is 4.93. The van der Waals surface area contributed by atoms with Crippen molar-refractivity contribution in [3.63, 3.8) is 0 Å². The summed E-state index contributed by atoms with van der Waals surface area (Å²) in [6, 6.07) is 12.6. The second-order valence-electron chi connectivity index (χ2n) is 7.25. The van der Waals surface area contributed by atoms with Gasteiger partial charge in [0.1, 0.15) is 11.4 Å². The van der Waals surface area contributed by atoms with Gasteiger partial charge in [0, 0.05) is 31.4 Å². The second-order valence-corrected chi connectivity index (χ2v) is 7.25. The topological polar surface area (TPSA) is 73.0 Å². The van der Waals surface area contributed by atoms with Crippen LogP contribution in [0.5, 0.6) is 0 Å². The summed E-state index contributed by atoms with van der Waals surface area (Å²) in [5, 5.41) is 17.2. The number of benzene rings is 1. The molecule has 0 aliphatic carbocycles. The van der Waals surface area contributed by atoms with E-state index < -0.39 is 5.60 Å². The van der Waals surface area contributed by atoms with Gasteiger partial charge in [0.05, 0.1) is 12.8 Å². The minimum Gasteiger partial charge on any atom is -0.466 e. The van der Waals surface area contributed by atoms with Crippen molar-refractivity contribution in [2.45, 2.75) is 38.8 Å². The van der Waals surface area contributed by atoms with Gasteiger partial charge in [0.25, 0.3) is 0 Å². The maximum absolute atomic E-state index is 10.6. The quantitative estimate of drug-likeness (QED) is 0.516. The first-order chi connectivity index (χ1) is 13.0. The van der Waals surface area contributed by atoms with Crippen LogP contribution < -0.4 is 15.5 Å². The molecule has 6 heteroatoms. The zero-order valence-electron chi connectivity index (χ0n) is 16.4. The standard InChI is InChI=1S/C21H30N4O2/c1-4-22-20(24-15-21(3,26)19-10-7-13-27-19)23-11-12-25-16(2)14-17-8-5-6-9-18(17)25/h5-10,13,16,26H,4,11-12,14-15H2,1-3H3,(H2,22,23,24). The van der Waals surface area contributed by atoms with Crippen molar-refractivity contribution < 1.29 is 9.52 Å². The van der Waals surface area contributed by atoms with E-state index in [0.29, 0.717) is 17.8 Å². The number of aliphatic imine (C=N–C) groups is 1. The molecule has 2 heterocycles. The van der Waals surface area contributed by atoms with E-state index in [1.54, 1.807) is 25.3 Å². The van der Waals surface area contributed by atoms with Gasteiger partial charge in [-0.1, -0.05) is 18.2 Å². The molecule has 2 unspecified atom stereocenters. The molecule has 3 rings (SSSR count). The predicted molar refractivity (Wildman–Crippen MR) is 109 cm³/mol. The summed E-state index contributed by atoms with van der Waals surface area (Å²) in [6.45, 7) is 8.66. The molecular formula is C21H30N4O2. The van der Waals surface area contributed by atoms with E-state index in [1.165, 1.54) is 11.3 Å². The van der Waals surface area contributed by atoms with Crippen LogP contribution in [0.25, 0.3) is 0 Å². The van der Waals surface area contributed by atoms with Crippen LogP contribution in [-0.4, -0.2) is 43.3 Å². The van der Waals surface area contributed by atoms with E-state index in [1.807, 2.05) is 6.92 Å². The highest BCUT2D eigenvalue weighted by molar-refractivity contribution is 5.79. The average molecular weight is 370 g/mol. The number of furan rings is 1. The third-order valence-corrected chi connectivity index (χ3v) is 4.93. The van der Waals surface area contributed by atoms with Gasteiger partial charge in [-0.3, -0.25) is 0 Å². The number of anilines is 1. The van der Waals surface area contributed by atoms with Crippen LogP contribution in [0, 0.1) is 0 Å². The molecule has 6 nitrogen and oxygen atoms in total. The average Bonchev–Trinajstić information content (AvgIpc) is 3.29. The number of para-hydroxylation sites is 1. The third kappa shape index (κ3) is 4.63. The molecule has 146 valence electrons. The molecule has 2 aromatic rings. The Morgan fingerprint density at radius 1 is 1.30 bits per heavy atom. The number of nitrogens with one attached hydrogen (secondary N) is 2. The van der Waals surface area contributed by atoms with E-state index in [4.69, 9.17) is 4.42 Å². The molecular weight excluding hydrogens is 340 g/mol. The fourth-order valence-electron chi connectivity index (χ4n) is 3.50. The Balaban J connectivity index is 1.57. The van der Waals surface area contributed by atoms with Crippen LogP contribution >= 0.6 is 0 Å². The van der Waals surface area contributed by atoms with Gasteiger partial charge in [-0.15, -0.1) is 0 Å². The first kappa shape index (κ1) is 19.3. The lowest BCUT2D eigenvalue weighted by atomic mass is 10.0. The SMILES string of the molecule is CCNC(=NCC(C)(O)c1ccco1)NCCN1c2ccccc2CC1C. The zero-order valence-corrected chi connectivity index (χ0v) is 16.4. The molecule has 0 bridgehead atoms. The van der Waals surface area contributed by atoms with E-state index in [-0.39, 0.29) is 6.54 Å². The van der Waals surface area contributed by atoms with E-state index in [9.17, 15) is 5.11 Å². The van der Waals surface area contributed by atoms with E-state index in [0.717, 1.165) is 26.1 Å². The number of fused-ring (bicyclic) bond motifs is 1. The molecule has 0 spiro atoms. The van der Waals surface area contributed by atoms with Crippen LogP contribution in [0.2, 0.25) is 0 Å². The van der Waals surface area contributed by atoms with Crippen molar-refractivity contribution >= 4 is 11.6 Å². The van der Waals surface area contributed by atoms with Gasteiger partial charge >= 0.3 is 0 Å². The lowest BCUT2D eigenvalue weighted by molar-refractivity contribution is 0.0437. The number of rotatable bonds is 7. The zero-order chi connectivity index (χ0) is 19.3. The van der Waals surface area contributed by atoms with Gasteiger partial charge in [0.15, 0.2) is 5.96 Å². The number of aliphatic hydroxyl groups is 1. The summed E-state index contributed by atoms with van der Waals surface area (Å²) in [5.41, 5.74) is 1.61. The molecule has 2 atom stereocenters. The van der Waals surface area contributed by atoms with E-state index in [2.05, 4.69) is 51.7 Å². The summed E-state index contributed by atoms with van der Waals surface area (Å²) in [6.07, 6.45) is 2.66. The molecule has 0 radical (unpaired) electrons. The van der Waals surface area contributed by atoms with Crippen LogP contribution in [0.1, 0.15) is 32.1 Å². The molecule has 1 aliphatic heterocycles. The van der Waals surface area contributed by atoms with Gasteiger partial charge in [-0.25, -0.2) is 4.99 Å². The van der Waals surface area contributed by atoms with Gasteiger partial charge < -0.3 is 25.1 Å².